The second-order valence-corrected chi connectivity index (χ2v) is 10.8. The summed E-state index contributed by atoms with van der Waals surface area (Å²) >= 11 is 1.69. The van der Waals surface area contributed by atoms with Crippen molar-refractivity contribution in [1.29, 1.82) is 0 Å². The zero-order valence-corrected chi connectivity index (χ0v) is 23.8. The molecule has 0 bridgehead atoms. The molecule has 8 nitrogen and oxygen atoms in total. The van der Waals surface area contributed by atoms with E-state index in [4.69, 9.17) is 18.9 Å². The van der Waals surface area contributed by atoms with Gasteiger partial charge in [-0.05, 0) is 60.4 Å². The fourth-order valence-corrected chi connectivity index (χ4v) is 5.78. The molecular formula is C30H35NO7S. The van der Waals surface area contributed by atoms with Gasteiger partial charge in [0.05, 0.1) is 26.9 Å². The molecule has 0 unspecified atom stereocenters. The van der Waals surface area contributed by atoms with Crippen molar-refractivity contribution in [3.05, 3.63) is 70.1 Å². The van der Waals surface area contributed by atoms with Crippen molar-refractivity contribution in [2.45, 2.75) is 38.5 Å². The Kier molecular flexibility index (Phi) is 9.12. The van der Waals surface area contributed by atoms with Crippen LogP contribution in [0.3, 0.4) is 0 Å². The smallest absolute Gasteiger partial charge is 0.336 e. The molecule has 39 heavy (non-hydrogen) atoms. The molecular weight excluding hydrogens is 518 g/mol. The van der Waals surface area contributed by atoms with Gasteiger partial charge in [0.15, 0.2) is 28.8 Å². The minimum atomic E-state index is -0.678. The van der Waals surface area contributed by atoms with Crippen LogP contribution in [0, 0.1) is 0 Å². The van der Waals surface area contributed by atoms with E-state index in [9.17, 15) is 14.7 Å². The van der Waals surface area contributed by atoms with E-state index < -0.39 is 11.9 Å². The normalized spacial score (nSPS) is 18.8. The third kappa shape index (κ3) is 5.88. The standard InChI is InChI=1S/C30H35NO7S/c1-6-39-12-11-38-30(34)27-17(2)31-21-13-20(18-7-10-25(36-4)26(16-18)37-5)15-23(33)29(21)28(27)19-8-9-24(35-3)22(32)14-19/h7-10,14,16,20,28,31-32H,6,11-13,15H2,1-5H3/t20-,28+/m1/s1. The largest absolute Gasteiger partial charge is 0.504 e. The van der Waals surface area contributed by atoms with Crippen LogP contribution in [0.15, 0.2) is 58.9 Å². The van der Waals surface area contributed by atoms with Gasteiger partial charge in [-0.15, -0.1) is 0 Å². The number of methoxy groups -OCH3 is 3. The highest BCUT2D eigenvalue weighted by atomic mass is 32.2. The Hall–Kier alpha value is -3.59. The van der Waals surface area contributed by atoms with Crippen molar-refractivity contribution >= 4 is 23.5 Å². The van der Waals surface area contributed by atoms with E-state index in [1.165, 1.54) is 7.11 Å². The van der Waals surface area contributed by atoms with Crippen molar-refractivity contribution in [3.8, 4) is 23.0 Å². The predicted molar refractivity (Wildman–Crippen MR) is 151 cm³/mol. The third-order valence-corrected chi connectivity index (χ3v) is 7.99. The zero-order valence-electron chi connectivity index (χ0n) is 23.0. The number of esters is 1. The first-order valence-corrected chi connectivity index (χ1v) is 14.1. The molecule has 2 aromatic rings. The second-order valence-electron chi connectivity index (χ2n) is 9.40. The number of thioether (sulfide) groups is 1. The minimum absolute atomic E-state index is 0.0631. The van der Waals surface area contributed by atoms with Crippen LogP contribution in [0.4, 0.5) is 0 Å². The van der Waals surface area contributed by atoms with Gasteiger partial charge in [0, 0.05) is 35.1 Å². The molecule has 2 aromatic carbocycles. The van der Waals surface area contributed by atoms with Gasteiger partial charge in [-0.1, -0.05) is 19.1 Å². The summed E-state index contributed by atoms with van der Waals surface area (Å²) in [6.45, 7) is 4.15. The van der Waals surface area contributed by atoms with Crippen LogP contribution in [0.1, 0.15) is 49.7 Å². The molecule has 0 amide bonds. The lowest BCUT2D eigenvalue weighted by atomic mass is 9.71. The van der Waals surface area contributed by atoms with Crippen LogP contribution in [0.25, 0.3) is 0 Å². The number of allylic oxidation sites excluding steroid dienone is 3. The number of hydrogen-bond acceptors (Lipinski definition) is 9. The molecule has 1 aliphatic heterocycles. The number of benzene rings is 2. The summed E-state index contributed by atoms with van der Waals surface area (Å²) in [6.07, 6.45) is 0.838. The number of ketones is 1. The maximum atomic E-state index is 13.8. The SMILES string of the molecule is CCSCCOC(=O)C1=C(C)NC2=C(C(=O)C[C@H](c3ccc(OC)c(OC)c3)C2)[C@H]1c1ccc(OC)c(O)c1. The Labute approximate surface area is 233 Å². The molecule has 208 valence electrons. The van der Waals surface area contributed by atoms with Crippen molar-refractivity contribution in [2.75, 3.05) is 39.4 Å². The van der Waals surface area contributed by atoms with Crippen LogP contribution in [0.5, 0.6) is 23.0 Å². The van der Waals surface area contributed by atoms with Gasteiger partial charge in [-0.25, -0.2) is 4.79 Å². The van der Waals surface area contributed by atoms with E-state index in [2.05, 4.69) is 5.32 Å². The molecule has 2 N–H and O–H groups in total. The zero-order chi connectivity index (χ0) is 28.1. The van der Waals surface area contributed by atoms with E-state index in [0.29, 0.717) is 51.8 Å². The maximum absolute atomic E-state index is 13.8. The van der Waals surface area contributed by atoms with Crippen molar-refractivity contribution < 1.29 is 33.6 Å². The lowest BCUT2D eigenvalue weighted by molar-refractivity contribution is -0.138. The highest BCUT2D eigenvalue weighted by Crippen LogP contribution is 2.47. The second kappa shape index (κ2) is 12.5. The molecule has 2 atom stereocenters. The summed E-state index contributed by atoms with van der Waals surface area (Å²) in [5.74, 6) is 1.80. The summed E-state index contributed by atoms with van der Waals surface area (Å²) in [7, 11) is 4.64. The van der Waals surface area contributed by atoms with Crippen molar-refractivity contribution in [2.24, 2.45) is 0 Å². The van der Waals surface area contributed by atoms with Crippen molar-refractivity contribution in [1.82, 2.24) is 5.32 Å². The topological polar surface area (TPSA) is 103 Å². The van der Waals surface area contributed by atoms with Gasteiger partial charge in [-0.3, -0.25) is 4.79 Å². The number of ether oxygens (including phenoxy) is 4. The van der Waals surface area contributed by atoms with Gasteiger partial charge in [0.2, 0.25) is 0 Å². The fourth-order valence-electron chi connectivity index (χ4n) is 5.29. The van der Waals surface area contributed by atoms with E-state index in [1.54, 1.807) is 44.2 Å². The first kappa shape index (κ1) is 28.4. The fraction of sp³-hybridized carbons (Fsp3) is 0.400. The quantitative estimate of drug-likeness (QED) is 0.308. The number of aromatic hydroxyl groups is 1. The van der Waals surface area contributed by atoms with Gasteiger partial charge >= 0.3 is 5.97 Å². The van der Waals surface area contributed by atoms with Crippen LogP contribution in [-0.4, -0.2) is 56.3 Å². The first-order valence-electron chi connectivity index (χ1n) is 12.9. The number of phenols is 1. The number of rotatable bonds is 10. The number of hydrogen-bond donors (Lipinski definition) is 2. The Morgan fingerprint density at radius 3 is 2.36 bits per heavy atom. The Morgan fingerprint density at radius 1 is 1.00 bits per heavy atom. The molecule has 9 heteroatoms. The molecule has 0 saturated heterocycles. The van der Waals surface area contributed by atoms with Gasteiger partial charge in [0.1, 0.15) is 6.61 Å². The van der Waals surface area contributed by atoms with Crippen LogP contribution < -0.4 is 19.5 Å². The van der Waals surface area contributed by atoms with Crippen molar-refractivity contribution in [3.63, 3.8) is 0 Å². The number of phenolic OH excluding ortho intramolecular Hbond substituents is 1. The number of carbonyl (C=O) groups excluding carboxylic acids is 2. The molecule has 0 spiro atoms. The lowest BCUT2D eigenvalue weighted by Crippen LogP contribution is -2.36. The minimum Gasteiger partial charge on any atom is -0.504 e. The number of dihydropyridines is 1. The molecule has 1 heterocycles. The molecule has 0 fully saturated rings. The van der Waals surface area contributed by atoms with E-state index >= 15 is 0 Å². The highest BCUT2D eigenvalue weighted by Gasteiger charge is 2.41. The number of carbonyl (C=O) groups is 2. The van der Waals surface area contributed by atoms with E-state index in [1.807, 2.05) is 32.0 Å². The molecule has 2 aliphatic rings. The average molecular weight is 554 g/mol. The molecule has 0 radical (unpaired) electrons. The number of nitrogens with one attached hydrogen (secondary N) is 1. The molecule has 0 saturated carbocycles. The Bertz CT molecular complexity index is 1320. The molecule has 0 aromatic heterocycles. The summed E-state index contributed by atoms with van der Waals surface area (Å²) in [5, 5.41) is 13.9. The van der Waals surface area contributed by atoms with Crippen LogP contribution in [-0.2, 0) is 14.3 Å². The Balaban J connectivity index is 1.74. The predicted octanol–water partition coefficient (Wildman–Crippen LogP) is 5.08. The van der Waals surface area contributed by atoms with E-state index in [0.717, 1.165) is 17.0 Å². The summed E-state index contributed by atoms with van der Waals surface area (Å²) in [5.41, 5.74) is 3.88. The summed E-state index contributed by atoms with van der Waals surface area (Å²) < 4.78 is 21.7. The van der Waals surface area contributed by atoms with Crippen LogP contribution >= 0.6 is 11.8 Å². The molecule has 1 aliphatic carbocycles. The Morgan fingerprint density at radius 2 is 1.69 bits per heavy atom. The summed E-state index contributed by atoms with van der Waals surface area (Å²) in [4.78, 5) is 27.2. The van der Waals surface area contributed by atoms with Gasteiger partial charge in [-0.2, -0.15) is 11.8 Å². The molecule has 4 rings (SSSR count). The van der Waals surface area contributed by atoms with Crippen LogP contribution in [0.2, 0.25) is 0 Å². The monoisotopic (exact) mass is 553 g/mol. The van der Waals surface area contributed by atoms with Gasteiger partial charge in [0.25, 0.3) is 0 Å². The number of Topliss-reactive ketones (excluding diaryl/α,β-unsaturated/α-hetero) is 1. The summed E-state index contributed by atoms with van der Waals surface area (Å²) in [6, 6.07) is 10.7. The van der Waals surface area contributed by atoms with Gasteiger partial charge < -0.3 is 29.4 Å². The lowest BCUT2D eigenvalue weighted by Gasteiger charge is -2.37. The maximum Gasteiger partial charge on any atom is 0.336 e. The van der Waals surface area contributed by atoms with E-state index in [-0.39, 0.29) is 30.5 Å². The third-order valence-electron chi connectivity index (χ3n) is 7.13. The average Bonchev–Trinajstić information content (AvgIpc) is 2.93. The first-order chi connectivity index (χ1) is 18.8. The highest BCUT2D eigenvalue weighted by molar-refractivity contribution is 7.99.